The van der Waals surface area contributed by atoms with E-state index in [-0.39, 0.29) is 18.1 Å². The zero-order valence-corrected chi connectivity index (χ0v) is 19.9. The summed E-state index contributed by atoms with van der Waals surface area (Å²) in [6.07, 6.45) is -1.24. The van der Waals surface area contributed by atoms with Gasteiger partial charge in [0.05, 0.1) is 25.3 Å². The van der Waals surface area contributed by atoms with Crippen molar-refractivity contribution in [3.63, 3.8) is 0 Å². The molecular formula is C26H26F3N3O4. The molecule has 7 nitrogen and oxygen atoms in total. The molecule has 36 heavy (non-hydrogen) atoms. The Balaban J connectivity index is 1.30. The van der Waals surface area contributed by atoms with Gasteiger partial charge in [0, 0.05) is 41.5 Å². The Bertz CT molecular complexity index is 1330. The number of halogens is 3. The summed E-state index contributed by atoms with van der Waals surface area (Å²) < 4.78 is 53.6. The fourth-order valence-corrected chi connectivity index (χ4v) is 3.92. The summed E-state index contributed by atoms with van der Waals surface area (Å²) in [6.45, 7) is 2.63. The lowest BCUT2D eigenvalue weighted by Crippen LogP contribution is -2.16. The zero-order valence-electron chi connectivity index (χ0n) is 19.9. The number of alkyl halides is 3. The van der Waals surface area contributed by atoms with Crippen LogP contribution < -0.4 is 9.47 Å². The van der Waals surface area contributed by atoms with Crippen LogP contribution in [0.2, 0.25) is 0 Å². The van der Waals surface area contributed by atoms with Crippen LogP contribution in [0.3, 0.4) is 0 Å². The molecule has 4 aromatic rings. The first-order valence-electron chi connectivity index (χ1n) is 11.5. The molecule has 10 heteroatoms. The van der Waals surface area contributed by atoms with Gasteiger partial charge >= 0.3 is 12.3 Å². The number of esters is 1. The minimum absolute atomic E-state index is 0.214. The van der Waals surface area contributed by atoms with E-state index in [2.05, 4.69) is 14.8 Å². The number of hydrogen-bond donors (Lipinski definition) is 1. The second kappa shape index (κ2) is 10.8. The van der Waals surface area contributed by atoms with Gasteiger partial charge in [-0.1, -0.05) is 0 Å². The Hall–Kier alpha value is -3.95. The maximum absolute atomic E-state index is 12.3. The van der Waals surface area contributed by atoms with Crippen LogP contribution in [0.5, 0.6) is 11.5 Å². The van der Waals surface area contributed by atoms with Gasteiger partial charge in [0.1, 0.15) is 11.5 Å². The normalized spacial score (nSPS) is 11.6. The van der Waals surface area contributed by atoms with Crippen molar-refractivity contribution < 1.29 is 32.2 Å². The first-order chi connectivity index (χ1) is 17.2. The molecule has 0 atom stereocenters. The smallest absolute Gasteiger partial charge is 0.494 e. The summed E-state index contributed by atoms with van der Waals surface area (Å²) in [5.74, 6) is 0.191. The maximum atomic E-state index is 12.3. The average Bonchev–Trinajstić information content (AvgIpc) is 3.39. The highest BCUT2D eigenvalue weighted by Gasteiger charge is 2.31. The number of benzene rings is 2. The van der Waals surface area contributed by atoms with Gasteiger partial charge < -0.3 is 19.2 Å². The van der Waals surface area contributed by atoms with Crippen LogP contribution >= 0.6 is 0 Å². The molecule has 1 N–H and O–H groups in total. The second-order valence-corrected chi connectivity index (χ2v) is 8.17. The molecule has 0 unspecified atom stereocenters. The summed E-state index contributed by atoms with van der Waals surface area (Å²) in [4.78, 5) is 14.9. The number of carbonyl (C=O) groups is 1. The van der Waals surface area contributed by atoms with E-state index in [0.717, 1.165) is 34.3 Å². The number of nitrogens with one attached hydrogen (secondary N) is 1. The number of nitrogens with zero attached hydrogens (tertiary/aromatic N) is 2. The summed E-state index contributed by atoms with van der Waals surface area (Å²) in [7, 11) is 1.83. The molecule has 0 bridgehead atoms. The number of aryl methyl sites for hydroxylation is 2. The minimum Gasteiger partial charge on any atom is -0.494 e. The Kier molecular flexibility index (Phi) is 7.52. The topological polar surface area (TPSA) is 78.4 Å². The van der Waals surface area contributed by atoms with Gasteiger partial charge in [0.25, 0.3) is 0 Å². The van der Waals surface area contributed by atoms with Gasteiger partial charge in [-0.25, -0.2) is 0 Å². The fourth-order valence-electron chi connectivity index (χ4n) is 3.92. The molecule has 0 fully saturated rings. The molecule has 0 spiro atoms. The molecule has 0 amide bonds. The van der Waals surface area contributed by atoms with E-state index in [1.165, 1.54) is 12.1 Å². The molecule has 0 aliphatic carbocycles. The number of hydrogen-bond acceptors (Lipinski definition) is 5. The third-order valence-corrected chi connectivity index (χ3v) is 5.59. The van der Waals surface area contributed by atoms with Crippen molar-refractivity contribution >= 4 is 16.9 Å². The molecule has 0 aliphatic rings. The Labute approximate surface area is 205 Å². The summed E-state index contributed by atoms with van der Waals surface area (Å²) in [5.41, 5.74) is 4.11. The Morgan fingerprint density at radius 3 is 2.56 bits per heavy atom. The van der Waals surface area contributed by atoms with Crippen molar-refractivity contribution in [2.24, 2.45) is 7.05 Å². The van der Waals surface area contributed by atoms with Crippen LogP contribution in [0.4, 0.5) is 13.2 Å². The van der Waals surface area contributed by atoms with Gasteiger partial charge in [-0.05, 0) is 67.8 Å². The van der Waals surface area contributed by atoms with E-state index in [1.807, 2.05) is 37.5 Å². The fraction of sp³-hybridized carbons (Fsp3) is 0.308. The second-order valence-electron chi connectivity index (χ2n) is 8.17. The van der Waals surface area contributed by atoms with Crippen LogP contribution in [0.15, 0.2) is 54.7 Å². The molecule has 0 aliphatic heterocycles. The summed E-state index contributed by atoms with van der Waals surface area (Å²) in [5, 5.41) is 5.42. The lowest BCUT2D eigenvalue weighted by Gasteiger charge is -2.08. The Morgan fingerprint density at radius 2 is 1.83 bits per heavy atom. The Morgan fingerprint density at radius 1 is 1.08 bits per heavy atom. The number of H-pyrrole nitrogens is 1. The van der Waals surface area contributed by atoms with Gasteiger partial charge in [-0.15, -0.1) is 13.2 Å². The lowest BCUT2D eigenvalue weighted by atomic mass is 10.1. The molecular weight excluding hydrogens is 475 g/mol. The van der Waals surface area contributed by atoms with Gasteiger partial charge in [0.15, 0.2) is 0 Å². The highest BCUT2D eigenvalue weighted by Crippen LogP contribution is 2.27. The van der Waals surface area contributed by atoms with Crippen molar-refractivity contribution in [3.8, 4) is 22.8 Å². The monoisotopic (exact) mass is 501 g/mol. The molecule has 4 rings (SSSR count). The molecule has 0 saturated heterocycles. The number of ether oxygens (including phenoxy) is 3. The quantitative estimate of drug-likeness (QED) is 0.227. The number of carbonyl (C=O) groups excluding carboxylic acids is 1. The van der Waals surface area contributed by atoms with E-state index >= 15 is 0 Å². The van der Waals surface area contributed by atoms with Crippen LogP contribution in [-0.4, -0.2) is 40.3 Å². The number of rotatable bonds is 10. The predicted octanol–water partition coefficient (Wildman–Crippen LogP) is 5.58. The van der Waals surface area contributed by atoms with Gasteiger partial charge in [0.2, 0.25) is 0 Å². The third kappa shape index (κ3) is 6.38. The van der Waals surface area contributed by atoms with Crippen LogP contribution in [0.25, 0.3) is 22.2 Å². The lowest BCUT2D eigenvalue weighted by molar-refractivity contribution is -0.274. The van der Waals surface area contributed by atoms with Crippen molar-refractivity contribution in [2.45, 2.75) is 32.5 Å². The first-order valence-corrected chi connectivity index (χ1v) is 11.5. The van der Waals surface area contributed by atoms with E-state index in [1.54, 1.807) is 23.7 Å². The van der Waals surface area contributed by atoms with E-state index in [0.29, 0.717) is 30.9 Å². The van der Waals surface area contributed by atoms with Crippen molar-refractivity contribution in [1.82, 2.24) is 14.8 Å². The summed E-state index contributed by atoms with van der Waals surface area (Å²) >= 11 is 0. The van der Waals surface area contributed by atoms with Crippen molar-refractivity contribution in [2.75, 3.05) is 13.2 Å². The summed E-state index contributed by atoms with van der Waals surface area (Å²) in [6, 6.07) is 13.2. The SMILES string of the molecule is CCOC(=O)Cc1c[nH]c2cc(OCCCc3cc(-c4ccc(OC(F)(F)F)cc4)nn3C)ccc12. The number of aromatic nitrogens is 3. The van der Waals surface area contributed by atoms with Gasteiger partial charge in [-0.2, -0.15) is 5.10 Å². The standard InChI is InChI=1S/C26H26F3N3O4/c1-3-34-25(33)13-18-16-30-24-15-21(10-11-22(18)24)35-12-4-5-19-14-23(31-32(19)2)17-6-8-20(9-7-17)36-26(27,28)29/h6-11,14-16,30H,3-5,12-13H2,1-2H3. The van der Waals surface area contributed by atoms with Crippen LogP contribution in [-0.2, 0) is 29.4 Å². The first kappa shape index (κ1) is 25.2. The average molecular weight is 502 g/mol. The predicted molar refractivity (Wildman–Crippen MR) is 128 cm³/mol. The molecule has 2 aromatic carbocycles. The minimum atomic E-state index is -4.72. The van der Waals surface area contributed by atoms with Crippen LogP contribution in [0, 0.1) is 0 Å². The molecule has 0 radical (unpaired) electrons. The van der Waals surface area contributed by atoms with Crippen molar-refractivity contribution in [3.05, 3.63) is 66.0 Å². The van der Waals surface area contributed by atoms with Crippen LogP contribution in [0.1, 0.15) is 24.6 Å². The number of aromatic amines is 1. The highest BCUT2D eigenvalue weighted by molar-refractivity contribution is 5.88. The maximum Gasteiger partial charge on any atom is 0.573 e. The van der Waals surface area contributed by atoms with E-state index in [9.17, 15) is 18.0 Å². The van der Waals surface area contributed by atoms with Gasteiger partial charge in [-0.3, -0.25) is 9.48 Å². The number of fused-ring (bicyclic) bond motifs is 1. The molecule has 0 saturated carbocycles. The molecule has 190 valence electrons. The highest BCUT2D eigenvalue weighted by atomic mass is 19.4. The third-order valence-electron chi connectivity index (χ3n) is 5.59. The van der Waals surface area contributed by atoms with Crippen molar-refractivity contribution in [1.29, 1.82) is 0 Å². The largest absolute Gasteiger partial charge is 0.573 e. The molecule has 2 heterocycles. The van der Waals surface area contributed by atoms with E-state index < -0.39 is 6.36 Å². The zero-order chi connectivity index (χ0) is 25.7. The van der Waals surface area contributed by atoms with E-state index in [4.69, 9.17) is 9.47 Å². The molecule has 2 aromatic heterocycles.